The van der Waals surface area contributed by atoms with Crippen LogP contribution < -0.4 is 0 Å². The molecule has 1 aliphatic rings. The van der Waals surface area contributed by atoms with Crippen molar-refractivity contribution in [1.82, 2.24) is 19.4 Å². The van der Waals surface area contributed by atoms with Crippen molar-refractivity contribution in [3.8, 4) is 0 Å². The molecule has 25 heavy (non-hydrogen) atoms. The van der Waals surface area contributed by atoms with Gasteiger partial charge in [-0.1, -0.05) is 6.07 Å². The summed E-state index contributed by atoms with van der Waals surface area (Å²) in [5.74, 6) is 0.677. The van der Waals surface area contributed by atoms with Gasteiger partial charge < -0.3 is 9.47 Å². The highest BCUT2D eigenvalue weighted by molar-refractivity contribution is 5.94. The van der Waals surface area contributed by atoms with Gasteiger partial charge in [0.2, 0.25) is 0 Å². The topological polar surface area (TPSA) is 51.0 Å². The van der Waals surface area contributed by atoms with Gasteiger partial charge in [0.25, 0.3) is 5.91 Å². The maximum absolute atomic E-state index is 13.7. The van der Waals surface area contributed by atoms with Gasteiger partial charge in [0.1, 0.15) is 11.6 Å². The first kappa shape index (κ1) is 15.7. The number of rotatable bonds is 2. The Morgan fingerprint density at radius 3 is 2.92 bits per heavy atom. The fourth-order valence-corrected chi connectivity index (χ4v) is 3.48. The summed E-state index contributed by atoms with van der Waals surface area (Å²) in [7, 11) is 1.98. The lowest BCUT2D eigenvalue weighted by Crippen LogP contribution is -2.28. The molecule has 0 aliphatic carbocycles. The predicted molar refractivity (Wildman–Crippen MR) is 92.9 cm³/mol. The largest absolute Gasteiger partial charge is 0.338 e. The van der Waals surface area contributed by atoms with Crippen molar-refractivity contribution in [3.05, 3.63) is 59.4 Å². The predicted octanol–water partition coefficient (Wildman–Crippen LogP) is 3.05. The molecule has 1 saturated heterocycles. The van der Waals surface area contributed by atoms with E-state index in [1.165, 1.54) is 6.07 Å². The van der Waals surface area contributed by atoms with E-state index in [0.29, 0.717) is 24.2 Å². The summed E-state index contributed by atoms with van der Waals surface area (Å²) in [4.78, 5) is 23.3. The summed E-state index contributed by atoms with van der Waals surface area (Å²) in [6, 6.07) is 6.56. The molecule has 6 heteroatoms. The number of nitrogens with zero attached hydrogens (tertiary/aromatic N) is 4. The van der Waals surface area contributed by atoms with E-state index in [4.69, 9.17) is 4.98 Å². The number of amides is 1. The highest BCUT2D eigenvalue weighted by Crippen LogP contribution is 2.29. The maximum Gasteiger partial charge on any atom is 0.253 e. The monoisotopic (exact) mass is 338 g/mol. The number of aromatic nitrogens is 3. The van der Waals surface area contributed by atoms with Crippen molar-refractivity contribution in [3.63, 3.8) is 0 Å². The molecular weight excluding hydrogens is 319 g/mol. The summed E-state index contributed by atoms with van der Waals surface area (Å²) < 4.78 is 15.8. The molecule has 1 fully saturated rings. The van der Waals surface area contributed by atoms with Crippen LogP contribution in [0.2, 0.25) is 0 Å². The van der Waals surface area contributed by atoms with Gasteiger partial charge in [-0.2, -0.15) is 0 Å². The molecule has 3 aromatic rings. The van der Waals surface area contributed by atoms with Crippen LogP contribution in [0.5, 0.6) is 0 Å². The second-order valence-corrected chi connectivity index (χ2v) is 6.59. The third-order valence-electron chi connectivity index (χ3n) is 4.98. The van der Waals surface area contributed by atoms with Gasteiger partial charge in [0, 0.05) is 37.8 Å². The Morgan fingerprint density at radius 2 is 2.16 bits per heavy atom. The molecule has 4 rings (SSSR count). The Labute approximate surface area is 145 Å². The van der Waals surface area contributed by atoms with Crippen LogP contribution in [0.15, 0.2) is 36.7 Å². The van der Waals surface area contributed by atoms with Crippen LogP contribution in [-0.4, -0.2) is 38.4 Å². The molecule has 0 spiro atoms. The second kappa shape index (κ2) is 5.95. The van der Waals surface area contributed by atoms with Crippen LogP contribution in [0.4, 0.5) is 4.39 Å². The minimum Gasteiger partial charge on any atom is -0.338 e. The molecule has 3 heterocycles. The molecule has 0 unspecified atom stereocenters. The Balaban J connectivity index is 1.57. The summed E-state index contributed by atoms with van der Waals surface area (Å²) in [6.07, 6.45) is 4.39. The van der Waals surface area contributed by atoms with Crippen molar-refractivity contribution in [2.45, 2.75) is 19.3 Å². The van der Waals surface area contributed by atoms with Crippen LogP contribution >= 0.6 is 0 Å². The SMILES string of the molecule is Cc1ccc(C(=O)N2CC[C@H](c3nc4ccncc4n3C)C2)cc1F. The molecule has 5 nitrogen and oxygen atoms in total. The van der Waals surface area contributed by atoms with Crippen molar-refractivity contribution >= 4 is 16.9 Å². The number of likely N-dealkylation sites (tertiary alicyclic amines) is 1. The van der Waals surface area contributed by atoms with E-state index >= 15 is 0 Å². The standard InChI is InChI=1S/C19H19FN4O/c1-12-3-4-13(9-15(12)20)19(25)24-8-6-14(11-24)18-22-16-5-7-21-10-17(16)23(18)2/h3-5,7,9-10,14H,6,8,11H2,1-2H3/t14-/m0/s1. The number of benzene rings is 1. The number of hydrogen-bond donors (Lipinski definition) is 0. The Kier molecular flexibility index (Phi) is 3.75. The van der Waals surface area contributed by atoms with Crippen LogP contribution in [0.1, 0.15) is 34.1 Å². The molecular formula is C19H19FN4O. The lowest BCUT2D eigenvalue weighted by atomic mass is 10.1. The van der Waals surface area contributed by atoms with E-state index in [1.54, 1.807) is 36.4 Å². The highest BCUT2D eigenvalue weighted by atomic mass is 19.1. The fraction of sp³-hybridized carbons (Fsp3) is 0.316. The average Bonchev–Trinajstić information content (AvgIpc) is 3.22. The smallest absolute Gasteiger partial charge is 0.253 e. The van der Waals surface area contributed by atoms with Crippen LogP contribution in [0.3, 0.4) is 0 Å². The first-order valence-corrected chi connectivity index (χ1v) is 8.36. The molecule has 0 N–H and O–H groups in total. The molecule has 1 atom stereocenters. The fourth-order valence-electron chi connectivity index (χ4n) is 3.48. The number of pyridine rings is 1. The van der Waals surface area contributed by atoms with E-state index < -0.39 is 0 Å². The zero-order valence-electron chi connectivity index (χ0n) is 14.2. The first-order chi connectivity index (χ1) is 12.0. The first-order valence-electron chi connectivity index (χ1n) is 8.36. The Morgan fingerprint density at radius 1 is 1.32 bits per heavy atom. The Hall–Kier alpha value is -2.76. The minimum atomic E-state index is -0.343. The molecule has 1 aliphatic heterocycles. The molecule has 0 saturated carbocycles. The van der Waals surface area contributed by atoms with Crippen LogP contribution in [0.25, 0.3) is 11.0 Å². The maximum atomic E-state index is 13.7. The van der Waals surface area contributed by atoms with Crippen molar-refractivity contribution in [2.24, 2.45) is 7.05 Å². The molecule has 1 amide bonds. The summed E-state index contributed by atoms with van der Waals surface area (Å²) in [6.45, 7) is 2.94. The van der Waals surface area contributed by atoms with E-state index in [0.717, 1.165) is 23.3 Å². The molecule has 1 aromatic carbocycles. The molecule has 2 aromatic heterocycles. The van der Waals surface area contributed by atoms with Crippen molar-refractivity contribution in [1.29, 1.82) is 0 Å². The van der Waals surface area contributed by atoms with Gasteiger partial charge in [-0.3, -0.25) is 9.78 Å². The number of carbonyl (C=O) groups is 1. The molecule has 0 radical (unpaired) electrons. The zero-order chi connectivity index (χ0) is 17.6. The third kappa shape index (κ3) is 2.67. The van der Waals surface area contributed by atoms with Gasteiger partial charge in [0.15, 0.2) is 0 Å². The summed E-state index contributed by atoms with van der Waals surface area (Å²) in [5, 5.41) is 0. The zero-order valence-corrected chi connectivity index (χ0v) is 14.2. The average molecular weight is 338 g/mol. The lowest BCUT2D eigenvalue weighted by Gasteiger charge is -2.17. The van der Waals surface area contributed by atoms with Gasteiger partial charge in [-0.05, 0) is 37.1 Å². The molecule has 128 valence electrons. The van der Waals surface area contributed by atoms with E-state index in [1.807, 2.05) is 17.7 Å². The summed E-state index contributed by atoms with van der Waals surface area (Å²) >= 11 is 0. The van der Waals surface area contributed by atoms with Crippen LogP contribution in [-0.2, 0) is 7.05 Å². The number of fused-ring (bicyclic) bond motifs is 1. The number of aryl methyl sites for hydroxylation is 2. The number of halogens is 1. The van der Waals surface area contributed by atoms with Gasteiger partial charge >= 0.3 is 0 Å². The molecule has 0 bridgehead atoms. The number of carbonyl (C=O) groups excluding carboxylic acids is 1. The summed E-state index contributed by atoms with van der Waals surface area (Å²) in [5.41, 5.74) is 2.85. The second-order valence-electron chi connectivity index (χ2n) is 6.59. The van der Waals surface area contributed by atoms with Crippen molar-refractivity contribution < 1.29 is 9.18 Å². The van der Waals surface area contributed by atoms with E-state index in [2.05, 4.69) is 4.98 Å². The van der Waals surface area contributed by atoms with Crippen LogP contribution in [0, 0.1) is 12.7 Å². The third-order valence-corrected chi connectivity index (χ3v) is 4.98. The number of imidazole rings is 1. The number of hydrogen-bond acceptors (Lipinski definition) is 3. The quantitative estimate of drug-likeness (QED) is 0.722. The van der Waals surface area contributed by atoms with Gasteiger partial charge in [0.05, 0.1) is 17.2 Å². The normalized spacial score (nSPS) is 17.4. The lowest BCUT2D eigenvalue weighted by molar-refractivity contribution is 0.0790. The van der Waals surface area contributed by atoms with E-state index in [9.17, 15) is 9.18 Å². The van der Waals surface area contributed by atoms with Gasteiger partial charge in [-0.15, -0.1) is 0 Å². The van der Waals surface area contributed by atoms with Gasteiger partial charge in [-0.25, -0.2) is 9.37 Å². The van der Waals surface area contributed by atoms with Crippen molar-refractivity contribution in [2.75, 3.05) is 13.1 Å². The Bertz CT molecular complexity index is 965. The minimum absolute atomic E-state index is 0.123. The highest BCUT2D eigenvalue weighted by Gasteiger charge is 2.31. The van der Waals surface area contributed by atoms with E-state index in [-0.39, 0.29) is 17.6 Å².